The van der Waals surface area contributed by atoms with E-state index >= 15 is 0 Å². The third kappa shape index (κ3) is 4.72. The molecule has 2 aromatic heterocycles. The van der Waals surface area contributed by atoms with Crippen molar-refractivity contribution in [1.82, 2.24) is 10.1 Å². The van der Waals surface area contributed by atoms with Crippen molar-refractivity contribution in [3.05, 3.63) is 81.2 Å². The number of pyridine rings is 1. The summed E-state index contributed by atoms with van der Waals surface area (Å²) in [5.74, 6) is 0.0131. The van der Waals surface area contributed by atoms with E-state index < -0.39 is 23.4 Å². The summed E-state index contributed by atoms with van der Waals surface area (Å²) in [5, 5.41) is 14.5. The van der Waals surface area contributed by atoms with Crippen molar-refractivity contribution in [3.8, 4) is 11.3 Å². The Morgan fingerprint density at radius 3 is 2.57 bits per heavy atom. The lowest BCUT2D eigenvalue weighted by Gasteiger charge is -2.32. The number of halogens is 5. The lowest BCUT2D eigenvalue weighted by molar-refractivity contribution is -0.136. The van der Waals surface area contributed by atoms with Crippen LogP contribution in [0.2, 0.25) is 10.0 Å². The average molecular weight is 614 g/mol. The first-order valence-electron chi connectivity index (χ1n) is 13.7. The molecule has 1 saturated heterocycles. The number of nitrogens with zero attached hydrogens (tertiary/aromatic N) is 3. The van der Waals surface area contributed by atoms with Gasteiger partial charge in [-0.3, -0.25) is 0 Å². The van der Waals surface area contributed by atoms with Crippen molar-refractivity contribution in [2.75, 3.05) is 18.0 Å². The summed E-state index contributed by atoms with van der Waals surface area (Å²) in [6, 6.07) is 10.6. The molecule has 11 heteroatoms. The number of carboxylic acid groups (broad SMARTS) is 1. The van der Waals surface area contributed by atoms with E-state index in [0.717, 1.165) is 37.0 Å². The van der Waals surface area contributed by atoms with Gasteiger partial charge in [0.05, 0.1) is 21.1 Å². The Labute approximate surface area is 248 Å². The summed E-state index contributed by atoms with van der Waals surface area (Å²) in [7, 11) is 0. The summed E-state index contributed by atoms with van der Waals surface area (Å²) in [5.41, 5.74) is 1.20. The van der Waals surface area contributed by atoms with Gasteiger partial charge in [-0.05, 0) is 73.4 Å². The van der Waals surface area contributed by atoms with Gasteiger partial charge in [0.2, 0.25) is 0 Å². The number of piperidine rings is 1. The van der Waals surface area contributed by atoms with E-state index in [4.69, 9.17) is 27.7 Å². The molecule has 1 N–H and O–H groups in total. The second-order valence-corrected chi connectivity index (χ2v) is 12.2. The lowest BCUT2D eigenvalue weighted by atomic mass is 9.92. The van der Waals surface area contributed by atoms with Crippen LogP contribution in [0.4, 0.5) is 18.9 Å². The molecule has 0 amide bonds. The Hall–Kier alpha value is -3.56. The van der Waals surface area contributed by atoms with E-state index in [9.17, 15) is 23.1 Å². The van der Waals surface area contributed by atoms with Gasteiger partial charge < -0.3 is 14.5 Å². The Morgan fingerprint density at radius 1 is 1.14 bits per heavy atom. The summed E-state index contributed by atoms with van der Waals surface area (Å²) in [4.78, 5) is 17.4. The molecule has 0 spiro atoms. The van der Waals surface area contributed by atoms with E-state index in [1.807, 2.05) is 0 Å². The van der Waals surface area contributed by atoms with Gasteiger partial charge in [-0.15, -0.1) is 0 Å². The number of carbonyl (C=O) groups is 1. The quantitative estimate of drug-likeness (QED) is 0.234. The second-order valence-electron chi connectivity index (χ2n) is 11.4. The van der Waals surface area contributed by atoms with E-state index in [1.54, 1.807) is 24.3 Å². The smallest absolute Gasteiger partial charge is 0.417 e. The van der Waals surface area contributed by atoms with E-state index in [0.29, 0.717) is 58.0 Å². The number of alkyl halides is 3. The van der Waals surface area contributed by atoms with Crippen molar-refractivity contribution in [2.24, 2.45) is 11.3 Å². The molecular formula is C31H24Cl2F3N3O3. The molecule has 7 rings (SSSR count). The zero-order valence-electron chi connectivity index (χ0n) is 22.1. The molecule has 2 atom stereocenters. The summed E-state index contributed by atoms with van der Waals surface area (Å²) >= 11 is 13.0. The van der Waals surface area contributed by atoms with Crippen LogP contribution in [0.25, 0.3) is 28.2 Å². The van der Waals surface area contributed by atoms with Crippen LogP contribution in [-0.2, 0) is 6.18 Å². The number of aromatic nitrogens is 2. The van der Waals surface area contributed by atoms with Crippen LogP contribution in [0.3, 0.4) is 0 Å². The number of carboxylic acids is 1. The van der Waals surface area contributed by atoms with E-state index in [2.05, 4.69) is 27.2 Å². The van der Waals surface area contributed by atoms with Crippen LogP contribution < -0.4 is 4.90 Å². The standard InChI is InChI=1S/C31H24Cl2F3N3O3/c32-22-2-1-3-23(33)26(22)27-19(28(42-38-27)16-4-5-16)8-9-30-10-11-39(15-17(30)14-30)18-6-7-24-20(12-18)21(31(34,35)36)13-25(37-24)29(40)41/h1-3,6-9,12-13,16-17H,4-5,10-11,14-15H2,(H,40,41)/b9-8+. The van der Waals surface area contributed by atoms with Crippen molar-refractivity contribution in [3.63, 3.8) is 0 Å². The monoisotopic (exact) mass is 613 g/mol. The number of hydrogen-bond acceptors (Lipinski definition) is 5. The SMILES string of the molecule is O=C(O)c1cc(C(F)(F)F)c2cc(N3CCC4(/C=C/c5c(-c6c(Cl)cccc6Cl)noc5C5CC5)CC4C3)ccc2n1. The van der Waals surface area contributed by atoms with Crippen LogP contribution in [0.1, 0.15) is 59.0 Å². The van der Waals surface area contributed by atoms with Crippen LogP contribution in [0, 0.1) is 11.3 Å². The normalized spacial score (nSPS) is 22.1. The minimum atomic E-state index is -4.71. The van der Waals surface area contributed by atoms with E-state index in [-0.39, 0.29) is 16.3 Å². The molecule has 3 fully saturated rings. The highest BCUT2D eigenvalue weighted by molar-refractivity contribution is 6.39. The summed E-state index contributed by atoms with van der Waals surface area (Å²) < 4.78 is 47.3. The molecule has 1 aliphatic heterocycles. The average Bonchev–Trinajstić information content (AvgIpc) is 3.87. The minimum Gasteiger partial charge on any atom is -0.477 e. The maximum atomic E-state index is 13.9. The van der Waals surface area contributed by atoms with Gasteiger partial charge in [-0.25, -0.2) is 9.78 Å². The summed E-state index contributed by atoms with van der Waals surface area (Å²) in [6.45, 7) is 1.36. The molecule has 3 aliphatic rings. The number of rotatable bonds is 6. The maximum absolute atomic E-state index is 13.9. The molecular weight excluding hydrogens is 590 g/mol. The molecule has 2 saturated carbocycles. The Morgan fingerprint density at radius 2 is 1.90 bits per heavy atom. The van der Waals surface area contributed by atoms with E-state index in [1.165, 1.54) is 12.1 Å². The van der Waals surface area contributed by atoms with Gasteiger partial charge >= 0.3 is 12.1 Å². The molecule has 3 heterocycles. The van der Waals surface area contributed by atoms with Gasteiger partial charge in [0.1, 0.15) is 17.1 Å². The Balaban J connectivity index is 1.15. The molecule has 6 nitrogen and oxygen atoms in total. The number of fused-ring (bicyclic) bond motifs is 2. The molecule has 2 unspecified atom stereocenters. The van der Waals surface area contributed by atoms with Crippen LogP contribution in [0.5, 0.6) is 0 Å². The first-order chi connectivity index (χ1) is 20.0. The fourth-order valence-electron chi connectivity index (χ4n) is 6.19. The van der Waals surface area contributed by atoms with Gasteiger partial charge in [0, 0.05) is 41.2 Å². The predicted octanol–water partition coefficient (Wildman–Crippen LogP) is 8.72. The topological polar surface area (TPSA) is 79.5 Å². The molecule has 4 aromatic rings. The van der Waals surface area contributed by atoms with Crippen LogP contribution in [0.15, 0.2) is 53.1 Å². The van der Waals surface area contributed by atoms with Gasteiger partial charge in [0.25, 0.3) is 0 Å². The highest BCUT2D eigenvalue weighted by atomic mass is 35.5. The Bertz CT molecular complexity index is 1760. The zero-order chi connectivity index (χ0) is 29.4. The number of benzene rings is 2. The first-order valence-corrected chi connectivity index (χ1v) is 14.4. The number of allylic oxidation sites excluding steroid dienone is 1. The van der Waals surface area contributed by atoms with Gasteiger partial charge in [0.15, 0.2) is 0 Å². The molecule has 2 aromatic carbocycles. The number of hydrogen-bond donors (Lipinski definition) is 1. The highest BCUT2D eigenvalue weighted by Crippen LogP contribution is 2.60. The molecule has 2 aliphatic carbocycles. The van der Waals surface area contributed by atoms with Crippen molar-refractivity contribution in [1.29, 1.82) is 0 Å². The third-order valence-electron chi connectivity index (χ3n) is 8.73. The van der Waals surface area contributed by atoms with Crippen molar-refractivity contribution < 1.29 is 27.6 Å². The van der Waals surface area contributed by atoms with Crippen molar-refractivity contribution in [2.45, 2.75) is 37.8 Å². The largest absolute Gasteiger partial charge is 0.477 e. The molecule has 0 bridgehead atoms. The molecule has 42 heavy (non-hydrogen) atoms. The maximum Gasteiger partial charge on any atom is 0.417 e. The van der Waals surface area contributed by atoms with Crippen LogP contribution >= 0.6 is 23.2 Å². The number of aromatic carboxylic acids is 1. The second kappa shape index (κ2) is 9.74. The Kier molecular flexibility index (Phi) is 6.33. The minimum absolute atomic E-state index is 0.00121. The zero-order valence-corrected chi connectivity index (χ0v) is 23.6. The van der Waals surface area contributed by atoms with Crippen molar-refractivity contribution >= 4 is 51.8 Å². The fraction of sp³-hybridized carbons (Fsp3) is 0.323. The highest BCUT2D eigenvalue weighted by Gasteiger charge is 2.54. The predicted molar refractivity (Wildman–Crippen MR) is 154 cm³/mol. The van der Waals surface area contributed by atoms with Crippen LogP contribution in [-0.4, -0.2) is 34.3 Å². The van der Waals surface area contributed by atoms with Gasteiger partial charge in [-0.2, -0.15) is 13.2 Å². The third-order valence-corrected chi connectivity index (χ3v) is 9.36. The first kappa shape index (κ1) is 27.3. The molecule has 0 radical (unpaired) electrons. The van der Waals surface area contributed by atoms with Gasteiger partial charge in [-0.1, -0.05) is 46.6 Å². The summed E-state index contributed by atoms with van der Waals surface area (Å²) in [6.07, 6.45) is 3.51. The fourth-order valence-corrected chi connectivity index (χ4v) is 6.77. The number of anilines is 1. The lowest BCUT2D eigenvalue weighted by Crippen LogP contribution is -2.34. The molecule has 216 valence electrons.